The second kappa shape index (κ2) is 5.69. The monoisotopic (exact) mass is 188 g/mol. The van der Waals surface area contributed by atoms with E-state index in [9.17, 15) is 0 Å². The van der Waals surface area contributed by atoms with Crippen molar-refractivity contribution in [3.63, 3.8) is 0 Å². The molecule has 0 aliphatic rings. The Bertz CT molecular complexity index is 141. The summed E-state index contributed by atoms with van der Waals surface area (Å²) in [6.07, 6.45) is 3.17. The van der Waals surface area contributed by atoms with Crippen LogP contribution in [0.3, 0.4) is 0 Å². The molecule has 9 heavy (non-hydrogen) atoms. The minimum absolute atomic E-state index is 0.822. The zero-order chi connectivity index (χ0) is 7.11. The Balaban J connectivity index is 0.000000291. The van der Waals surface area contributed by atoms with Crippen LogP contribution < -0.4 is 0 Å². The molecule has 0 saturated heterocycles. The van der Waals surface area contributed by atoms with Crippen LogP contribution in [0, 0.1) is 0 Å². The molecule has 0 bridgehead atoms. The molecule has 0 radical (unpaired) electrons. The molecule has 0 saturated carbocycles. The van der Waals surface area contributed by atoms with Gasteiger partial charge in [-0.25, -0.2) is 9.97 Å². The first-order valence-electron chi connectivity index (χ1n) is 2.81. The van der Waals surface area contributed by atoms with E-state index in [-0.39, 0.29) is 0 Å². The van der Waals surface area contributed by atoms with Crippen LogP contribution in [-0.2, 0) is 0 Å². The molecule has 0 N–H and O–H groups in total. The van der Waals surface area contributed by atoms with Gasteiger partial charge in [-0.3, -0.25) is 0 Å². The maximum Gasteiger partial charge on any atom is 0.116 e. The lowest BCUT2D eigenvalue weighted by Gasteiger charge is -1.79. The minimum atomic E-state index is 0.822. The summed E-state index contributed by atoms with van der Waals surface area (Å²) in [6.45, 7) is 4.00. The van der Waals surface area contributed by atoms with E-state index in [1.807, 2.05) is 13.8 Å². The van der Waals surface area contributed by atoms with Gasteiger partial charge in [0.1, 0.15) is 10.9 Å². The number of halogens is 1. The summed E-state index contributed by atoms with van der Waals surface area (Å²) in [5.41, 5.74) is 0. The fraction of sp³-hybridized carbons (Fsp3) is 0.333. The maximum absolute atomic E-state index is 3.78. The lowest BCUT2D eigenvalue weighted by Crippen LogP contribution is -1.72. The predicted molar refractivity (Wildman–Crippen MR) is 41.1 cm³/mol. The van der Waals surface area contributed by atoms with Gasteiger partial charge in [0, 0.05) is 6.20 Å². The van der Waals surface area contributed by atoms with Crippen molar-refractivity contribution in [1.29, 1.82) is 0 Å². The van der Waals surface area contributed by atoms with E-state index in [0.717, 1.165) is 4.60 Å². The van der Waals surface area contributed by atoms with Crippen LogP contribution in [0.5, 0.6) is 0 Å². The number of hydrogen-bond donors (Lipinski definition) is 0. The third-order valence-electron chi connectivity index (χ3n) is 0.546. The van der Waals surface area contributed by atoms with Gasteiger partial charge in [0.25, 0.3) is 0 Å². The SMILES string of the molecule is Brc1ccncn1.CC. The Morgan fingerprint density at radius 1 is 1.44 bits per heavy atom. The molecule has 0 spiro atoms. The van der Waals surface area contributed by atoms with E-state index in [1.165, 1.54) is 6.33 Å². The molecule has 0 aromatic carbocycles. The van der Waals surface area contributed by atoms with Crippen molar-refractivity contribution < 1.29 is 0 Å². The van der Waals surface area contributed by atoms with Crippen LogP contribution in [-0.4, -0.2) is 9.97 Å². The predicted octanol–water partition coefficient (Wildman–Crippen LogP) is 2.27. The third-order valence-corrected chi connectivity index (χ3v) is 1.01. The number of rotatable bonds is 0. The van der Waals surface area contributed by atoms with Crippen molar-refractivity contribution >= 4 is 15.9 Å². The summed E-state index contributed by atoms with van der Waals surface area (Å²) < 4.78 is 0.822. The average molecular weight is 189 g/mol. The van der Waals surface area contributed by atoms with Crippen molar-refractivity contribution in [2.75, 3.05) is 0 Å². The Labute approximate surface area is 63.5 Å². The van der Waals surface area contributed by atoms with E-state index in [1.54, 1.807) is 12.3 Å². The van der Waals surface area contributed by atoms with Gasteiger partial charge >= 0.3 is 0 Å². The molecule has 1 aromatic heterocycles. The summed E-state index contributed by atoms with van der Waals surface area (Å²) in [7, 11) is 0. The smallest absolute Gasteiger partial charge is 0.116 e. The molecule has 1 aromatic rings. The van der Waals surface area contributed by atoms with Crippen molar-refractivity contribution in [3.05, 3.63) is 23.2 Å². The van der Waals surface area contributed by atoms with Gasteiger partial charge in [0.05, 0.1) is 0 Å². The van der Waals surface area contributed by atoms with Crippen LogP contribution in [0.2, 0.25) is 0 Å². The lowest BCUT2D eigenvalue weighted by atomic mass is 10.7. The van der Waals surface area contributed by atoms with Gasteiger partial charge in [-0.15, -0.1) is 0 Å². The van der Waals surface area contributed by atoms with Crippen LogP contribution in [0.25, 0.3) is 0 Å². The first-order valence-corrected chi connectivity index (χ1v) is 3.60. The van der Waals surface area contributed by atoms with Gasteiger partial charge in [-0.05, 0) is 22.0 Å². The lowest BCUT2D eigenvalue weighted by molar-refractivity contribution is 1.14. The highest BCUT2D eigenvalue weighted by molar-refractivity contribution is 9.10. The second-order valence-corrected chi connectivity index (χ2v) is 1.84. The van der Waals surface area contributed by atoms with Gasteiger partial charge in [0.15, 0.2) is 0 Å². The van der Waals surface area contributed by atoms with E-state index < -0.39 is 0 Å². The summed E-state index contributed by atoms with van der Waals surface area (Å²) in [5.74, 6) is 0. The highest BCUT2D eigenvalue weighted by Crippen LogP contribution is 1.98. The fourth-order valence-electron chi connectivity index (χ4n) is 0.275. The molecule has 2 nitrogen and oxygen atoms in total. The van der Waals surface area contributed by atoms with Crippen molar-refractivity contribution in [1.82, 2.24) is 9.97 Å². The average Bonchev–Trinajstić information content (AvgIpc) is 1.94. The molecule has 1 heterocycles. The summed E-state index contributed by atoms with van der Waals surface area (Å²) in [4.78, 5) is 7.49. The minimum Gasteiger partial charge on any atom is -0.245 e. The van der Waals surface area contributed by atoms with E-state index in [2.05, 4.69) is 25.9 Å². The molecule has 1 rings (SSSR count). The Morgan fingerprint density at radius 3 is 2.33 bits per heavy atom. The van der Waals surface area contributed by atoms with E-state index in [0.29, 0.717) is 0 Å². The molecule has 0 unspecified atom stereocenters. The van der Waals surface area contributed by atoms with Crippen LogP contribution in [0.15, 0.2) is 23.2 Å². The van der Waals surface area contributed by atoms with E-state index in [4.69, 9.17) is 0 Å². The molecule has 0 atom stereocenters. The first-order chi connectivity index (χ1) is 4.39. The molecule has 3 heteroatoms. The largest absolute Gasteiger partial charge is 0.245 e. The molecule has 0 amide bonds. The van der Waals surface area contributed by atoms with Crippen molar-refractivity contribution in [2.24, 2.45) is 0 Å². The van der Waals surface area contributed by atoms with Gasteiger partial charge in [0.2, 0.25) is 0 Å². The normalized spacial score (nSPS) is 7.44. The highest BCUT2D eigenvalue weighted by Gasteiger charge is 1.76. The highest BCUT2D eigenvalue weighted by atomic mass is 79.9. The van der Waals surface area contributed by atoms with Crippen LogP contribution in [0.1, 0.15) is 13.8 Å². The van der Waals surface area contributed by atoms with Gasteiger partial charge < -0.3 is 0 Å². The Morgan fingerprint density at radius 2 is 2.11 bits per heavy atom. The van der Waals surface area contributed by atoms with Crippen LogP contribution in [0.4, 0.5) is 0 Å². The van der Waals surface area contributed by atoms with Gasteiger partial charge in [-0.2, -0.15) is 0 Å². The molecule has 0 aliphatic carbocycles. The number of nitrogens with zero attached hydrogens (tertiary/aromatic N) is 2. The molecular formula is C6H9BrN2. The molecular weight excluding hydrogens is 180 g/mol. The van der Waals surface area contributed by atoms with Crippen LogP contribution >= 0.6 is 15.9 Å². The number of aromatic nitrogens is 2. The molecule has 0 fully saturated rings. The zero-order valence-electron chi connectivity index (χ0n) is 5.50. The topological polar surface area (TPSA) is 25.8 Å². The summed E-state index contributed by atoms with van der Waals surface area (Å²) >= 11 is 3.16. The quantitative estimate of drug-likeness (QED) is 0.585. The third kappa shape index (κ3) is 4.09. The van der Waals surface area contributed by atoms with Gasteiger partial charge in [-0.1, -0.05) is 13.8 Å². The van der Waals surface area contributed by atoms with Crippen molar-refractivity contribution in [3.8, 4) is 0 Å². The maximum atomic E-state index is 3.78. The fourth-order valence-corrected chi connectivity index (χ4v) is 0.484. The Hall–Kier alpha value is -0.440. The first kappa shape index (κ1) is 8.56. The number of hydrogen-bond acceptors (Lipinski definition) is 2. The van der Waals surface area contributed by atoms with E-state index >= 15 is 0 Å². The second-order valence-electron chi connectivity index (χ2n) is 1.03. The summed E-state index contributed by atoms with van der Waals surface area (Å²) in [5, 5.41) is 0. The molecule has 0 aliphatic heterocycles. The zero-order valence-corrected chi connectivity index (χ0v) is 7.09. The standard InChI is InChI=1S/C4H3BrN2.C2H6/c5-4-1-2-6-3-7-4;1-2/h1-3H;1-2H3. The Kier molecular flexibility index (Phi) is 5.41. The van der Waals surface area contributed by atoms with Crippen molar-refractivity contribution in [2.45, 2.75) is 13.8 Å². The molecule has 50 valence electrons. The summed E-state index contributed by atoms with van der Waals surface area (Å²) in [6, 6.07) is 1.78.